The van der Waals surface area contributed by atoms with E-state index < -0.39 is 18.2 Å². The molecule has 0 saturated carbocycles. The van der Waals surface area contributed by atoms with Crippen molar-refractivity contribution < 1.29 is 19.1 Å². The predicted molar refractivity (Wildman–Crippen MR) is 121 cm³/mol. The van der Waals surface area contributed by atoms with Crippen molar-refractivity contribution in [3.05, 3.63) is 21.6 Å². The van der Waals surface area contributed by atoms with Crippen LogP contribution in [0.15, 0.2) is 21.6 Å². The quantitative estimate of drug-likeness (QED) is 0.408. The number of carbonyl (C=O) groups is 2. The summed E-state index contributed by atoms with van der Waals surface area (Å²) in [7, 11) is 1.77. The van der Waals surface area contributed by atoms with Gasteiger partial charge in [0, 0.05) is 38.2 Å². The maximum absolute atomic E-state index is 13.5. The molecular weight excluding hydrogens is 407 g/mol. The highest BCUT2D eigenvalue weighted by Crippen LogP contribution is 2.86. The van der Waals surface area contributed by atoms with Crippen LogP contribution in [-0.4, -0.2) is 67.3 Å². The smallest absolute Gasteiger partial charge is 0.336 e. The second-order valence-corrected chi connectivity index (χ2v) is 12.0. The minimum absolute atomic E-state index is 0.280. The van der Waals surface area contributed by atoms with Gasteiger partial charge in [-0.2, -0.15) is 0 Å². The average molecular weight is 443 g/mol. The molecule has 8 heteroatoms. The van der Waals surface area contributed by atoms with Crippen LogP contribution in [0.4, 0.5) is 0 Å². The number of hydrogen-bond donors (Lipinski definition) is 0. The summed E-state index contributed by atoms with van der Waals surface area (Å²) < 4.78 is 10.6. The molecule has 2 rings (SSSR count). The molecule has 2 unspecified atom stereocenters. The number of nitrogens with zero attached hydrogens (tertiary/aromatic N) is 2. The van der Waals surface area contributed by atoms with Gasteiger partial charge in [-0.25, -0.2) is 4.79 Å². The Morgan fingerprint density at radius 2 is 1.48 bits per heavy atom. The first-order valence-corrected chi connectivity index (χ1v) is 13.0. The Morgan fingerprint density at radius 3 is 1.86 bits per heavy atom. The molecule has 0 bridgehead atoms. The van der Waals surface area contributed by atoms with Crippen LogP contribution in [0.3, 0.4) is 0 Å². The van der Waals surface area contributed by atoms with Crippen LogP contribution >= 0.6 is 18.5 Å². The van der Waals surface area contributed by atoms with Crippen LogP contribution in [0.2, 0.25) is 0 Å². The molecule has 0 aromatic carbocycles. The first-order valence-electron chi connectivity index (χ1n) is 10.3. The molecule has 0 radical (unpaired) electrons. The maximum atomic E-state index is 13.5. The summed E-state index contributed by atoms with van der Waals surface area (Å²) in [6, 6.07) is 0. The van der Waals surface area contributed by atoms with Crippen LogP contribution in [0.1, 0.15) is 48.5 Å². The molecule has 0 aromatic rings. The van der Waals surface area contributed by atoms with Gasteiger partial charge in [-0.3, -0.25) is 4.79 Å². The predicted octanol–water partition coefficient (Wildman–Crippen LogP) is 4.38. The zero-order valence-corrected chi connectivity index (χ0v) is 20.9. The molecular formula is C21H35N2O4PS. The Hall–Kier alpha value is -1.20. The van der Waals surface area contributed by atoms with E-state index in [0.29, 0.717) is 5.57 Å². The first kappa shape index (κ1) is 24.1. The Balaban J connectivity index is 2.91. The van der Waals surface area contributed by atoms with Crippen molar-refractivity contribution in [3.63, 3.8) is 0 Å². The minimum atomic E-state index is -1.06. The van der Waals surface area contributed by atoms with Gasteiger partial charge in [0.1, 0.15) is 0 Å². The first-order chi connectivity index (χ1) is 13.6. The zero-order chi connectivity index (χ0) is 22.1. The molecule has 0 fully saturated rings. The fraction of sp³-hybridized carbons (Fsp3) is 0.714. The van der Waals surface area contributed by atoms with E-state index in [1.165, 1.54) is 19.7 Å². The van der Waals surface area contributed by atoms with Crippen LogP contribution < -0.4 is 0 Å². The van der Waals surface area contributed by atoms with Crippen LogP contribution in [-0.2, 0) is 19.1 Å². The van der Waals surface area contributed by atoms with Crippen molar-refractivity contribution in [3.8, 4) is 0 Å². The number of rotatable bonds is 8. The monoisotopic (exact) mass is 442 g/mol. The Bertz CT molecular complexity index is 735. The van der Waals surface area contributed by atoms with Gasteiger partial charge in [0.05, 0.1) is 30.9 Å². The SMILES string of the molecule is CCN(CC)C1=C(N(CC)CC)C2(C(=O)OC)C(C(=O)OC)=C(C(C)(C)C)SP12. The summed E-state index contributed by atoms with van der Waals surface area (Å²) in [5.41, 5.74) is 2.33. The summed E-state index contributed by atoms with van der Waals surface area (Å²) >= 11 is 1.69. The lowest BCUT2D eigenvalue weighted by molar-refractivity contribution is -0.145. The fourth-order valence-corrected chi connectivity index (χ4v) is 11.1. The highest BCUT2D eigenvalue weighted by atomic mass is 32.7. The zero-order valence-electron chi connectivity index (χ0n) is 19.2. The molecule has 0 saturated heterocycles. The summed E-state index contributed by atoms with van der Waals surface area (Å²) in [6.07, 6.45) is 0. The molecule has 0 aromatic heterocycles. The lowest BCUT2D eigenvalue weighted by Gasteiger charge is -2.53. The lowest BCUT2D eigenvalue weighted by atomic mass is 9.84. The normalized spacial score (nSPS) is 23.6. The topological polar surface area (TPSA) is 59.1 Å². The number of hydrogen-bond acceptors (Lipinski definition) is 7. The van der Waals surface area contributed by atoms with Gasteiger partial charge in [-0.05, 0) is 33.1 Å². The van der Waals surface area contributed by atoms with Gasteiger partial charge in [0.2, 0.25) is 0 Å². The van der Waals surface area contributed by atoms with E-state index in [1.54, 1.807) is 11.4 Å². The molecule has 2 aliphatic heterocycles. The average Bonchev–Trinajstić information content (AvgIpc) is 2.99. The second kappa shape index (κ2) is 8.89. The number of esters is 2. The third-order valence-corrected chi connectivity index (χ3v) is 11.2. The van der Waals surface area contributed by atoms with Gasteiger partial charge in [0.25, 0.3) is 0 Å². The van der Waals surface area contributed by atoms with E-state index in [1.807, 2.05) is 0 Å². The van der Waals surface area contributed by atoms with Crippen LogP contribution in [0.25, 0.3) is 0 Å². The molecule has 29 heavy (non-hydrogen) atoms. The van der Waals surface area contributed by atoms with Gasteiger partial charge in [0.15, 0.2) is 5.16 Å². The second-order valence-electron chi connectivity index (χ2n) is 8.05. The van der Waals surface area contributed by atoms with Crippen molar-refractivity contribution in [2.45, 2.75) is 53.6 Å². The molecule has 2 heterocycles. The van der Waals surface area contributed by atoms with E-state index in [4.69, 9.17) is 9.47 Å². The highest BCUT2D eigenvalue weighted by molar-refractivity contribution is 8.60. The number of allylic oxidation sites excluding steroid dienone is 1. The lowest BCUT2D eigenvalue weighted by Crippen LogP contribution is -2.56. The maximum Gasteiger partial charge on any atom is 0.336 e. The standard InChI is InChI=1S/C21H35N2O4PS/c1-10-22(11-2)15-17(23(12-3)13-4)28-21(15,19(25)27-9)14(18(24)26-8)16(29-28)20(5,6)7/h10-13H2,1-9H3. The number of methoxy groups -OCH3 is 2. The minimum Gasteiger partial charge on any atom is -0.468 e. The number of fused-ring (bicyclic) bond motifs is 1. The van der Waals surface area contributed by atoms with Crippen molar-refractivity contribution >= 4 is 30.4 Å². The van der Waals surface area contributed by atoms with Gasteiger partial charge in [-0.15, -0.1) is 0 Å². The molecule has 0 N–H and O–H groups in total. The Kier molecular flexibility index (Phi) is 7.38. The molecule has 0 aliphatic carbocycles. The molecule has 2 atom stereocenters. The van der Waals surface area contributed by atoms with Gasteiger partial charge in [-0.1, -0.05) is 32.2 Å². The molecule has 0 amide bonds. The third-order valence-electron chi connectivity index (χ3n) is 5.52. The van der Waals surface area contributed by atoms with E-state index >= 15 is 0 Å². The largest absolute Gasteiger partial charge is 0.468 e. The van der Waals surface area contributed by atoms with Crippen molar-refractivity contribution in [2.75, 3.05) is 40.4 Å². The van der Waals surface area contributed by atoms with E-state index in [0.717, 1.165) is 36.8 Å². The fourth-order valence-electron chi connectivity index (χ4n) is 4.09. The molecule has 0 spiro atoms. The Labute approximate surface area is 180 Å². The van der Waals surface area contributed by atoms with Gasteiger partial charge >= 0.3 is 11.9 Å². The van der Waals surface area contributed by atoms with E-state index in [-0.39, 0.29) is 11.4 Å². The van der Waals surface area contributed by atoms with E-state index in [9.17, 15) is 9.59 Å². The van der Waals surface area contributed by atoms with E-state index in [2.05, 4.69) is 58.3 Å². The number of carbonyl (C=O) groups excluding carboxylic acids is 2. The highest BCUT2D eigenvalue weighted by Gasteiger charge is 2.71. The van der Waals surface area contributed by atoms with Crippen molar-refractivity contribution in [2.24, 2.45) is 5.41 Å². The van der Waals surface area contributed by atoms with Crippen LogP contribution in [0.5, 0.6) is 0 Å². The summed E-state index contributed by atoms with van der Waals surface area (Å²) in [5, 5.41) is -1.06. The molecule has 2 aliphatic rings. The van der Waals surface area contributed by atoms with Gasteiger partial charge < -0.3 is 19.3 Å². The summed E-state index contributed by atoms with van der Waals surface area (Å²) in [6.45, 7) is 17.9. The molecule has 164 valence electrons. The van der Waals surface area contributed by atoms with Crippen LogP contribution in [0, 0.1) is 5.41 Å². The summed E-state index contributed by atoms with van der Waals surface area (Å²) in [4.78, 5) is 32.0. The Morgan fingerprint density at radius 1 is 0.966 bits per heavy atom. The third kappa shape index (κ3) is 3.48. The molecule has 6 nitrogen and oxygen atoms in total. The van der Waals surface area contributed by atoms with Crippen molar-refractivity contribution in [1.29, 1.82) is 0 Å². The summed E-state index contributed by atoms with van der Waals surface area (Å²) in [5.74, 6) is -0.783. The van der Waals surface area contributed by atoms with Crippen molar-refractivity contribution in [1.82, 2.24) is 9.80 Å². The number of ether oxygens (including phenoxy) is 2.